The van der Waals surface area contributed by atoms with Crippen LogP contribution in [0.1, 0.15) is 29.3 Å². The maximum atomic E-state index is 13.2. The molecule has 1 heterocycles. The lowest BCUT2D eigenvalue weighted by Gasteiger charge is -2.35. The van der Waals surface area contributed by atoms with E-state index in [0.29, 0.717) is 10.0 Å². The Morgan fingerprint density at radius 3 is 2.81 bits per heavy atom. The Kier molecular flexibility index (Phi) is 3.81. The van der Waals surface area contributed by atoms with E-state index in [1.54, 1.807) is 0 Å². The number of benzene rings is 2. The Balaban J connectivity index is 2.05. The van der Waals surface area contributed by atoms with Crippen LogP contribution in [0.5, 0.6) is 0 Å². The number of aryl methyl sites for hydroxylation is 1. The van der Waals surface area contributed by atoms with Crippen LogP contribution < -0.4 is 4.90 Å². The van der Waals surface area contributed by atoms with Crippen LogP contribution in [0.25, 0.3) is 0 Å². The molecule has 1 aliphatic rings. The number of amides is 1. The SMILES string of the molecule is CC1CCc2ccccc2N1C(=O)c1ccc(F)cc1Br. The zero-order valence-corrected chi connectivity index (χ0v) is 13.2. The molecule has 1 aliphatic heterocycles. The molecule has 0 aromatic heterocycles. The normalized spacial score (nSPS) is 17.5. The molecule has 21 heavy (non-hydrogen) atoms. The Hall–Kier alpha value is -1.68. The largest absolute Gasteiger partial charge is 0.305 e. The zero-order valence-electron chi connectivity index (χ0n) is 11.6. The first kappa shape index (κ1) is 14.3. The van der Waals surface area contributed by atoms with Crippen LogP contribution in [0.2, 0.25) is 0 Å². The predicted octanol–water partition coefficient (Wildman–Crippen LogP) is 4.57. The number of nitrogens with zero attached hydrogens (tertiary/aromatic N) is 1. The van der Waals surface area contributed by atoms with Crippen molar-refractivity contribution in [1.82, 2.24) is 0 Å². The number of fused-ring (bicyclic) bond motifs is 1. The van der Waals surface area contributed by atoms with Gasteiger partial charge in [-0.2, -0.15) is 0 Å². The maximum Gasteiger partial charge on any atom is 0.259 e. The van der Waals surface area contributed by atoms with Crippen molar-refractivity contribution in [2.45, 2.75) is 25.8 Å². The van der Waals surface area contributed by atoms with Gasteiger partial charge in [0, 0.05) is 16.2 Å². The van der Waals surface area contributed by atoms with E-state index < -0.39 is 0 Å². The van der Waals surface area contributed by atoms with Gasteiger partial charge in [0.25, 0.3) is 5.91 Å². The van der Waals surface area contributed by atoms with Gasteiger partial charge in [-0.15, -0.1) is 0 Å². The van der Waals surface area contributed by atoms with E-state index in [1.807, 2.05) is 30.0 Å². The molecule has 1 atom stereocenters. The van der Waals surface area contributed by atoms with Gasteiger partial charge in [0.1, 0.15) is 5.82 Å². The Morgan fingerprint density at radius 1 is 1.29 bits per heavy atom. The van der Waals surface area contributed by atoms with Crippen LogP contribution in [0, 0.1) is 5.82 Å². The van der Waals surface area contributed by atoms with Gasteiger partial charge in [-0.3, -0.25) is 4.79 Å². The number of rotatable bonds is 1. The fraction of sp³-hybridized carbons (Fsp3) is 0.235. The highest BCUT2D eigenvalue weighted by molar-refractivity contribution is 9.10. The van der Waals surface area contributed by atoms with E-state index in [2.05, 4.69) is 22.0 Å². The van der Waals surface area contributed by atoms with Gasteiger partial charge in [0.05, 0.1) is 5.56 Å². The molecule has 1 amide bonds. The Morgan fingerprint density at radius 2 is 2.05 bits per heavy atom. The number of para-hydroxylation sites is 1. The number of hydrogen-bond acceptors (Lipinski definition) is 1. The van der Waals surface area contributed by atoms with Gasteiger partial charge in [-0.05, 0) is 65.5 Å². The van der Waals surface area contributed by atoms with E-state index in [1.165, 1.54) is 23.8 Å². The summed E-state index contributed by atoms with van der Waals surface area (Å²) in [4.78, 5) is 14.7. The zero-order chi connectivity index (χ0) is 15.0. The maximum absolute atomic E-state index is 13.2. The molecule has 0 spiro atoms. The smallest absolute Gasteiger partial charge is 0.259 e. The number of carbonyl (C=O) groups excluding carboxylic acids is 1. The van der Waals surface area contributed by atoms with Gasteiger partial charge >= 0.3 is 0 Å². The number of carbonyl (C=O) groups is 1. The molecule has 0 saturated heterocycles. The Labute approximate surface area is 131 Å². The van der Waals surface area contributed by atoms with Crippen molar-refractivity contribution in [3.8, 4) is 0 Å². The van der Waals surface area contributed by atoms with Gasteiger partial charge in [-0.1, -0.05) is 18.2 Å². The van der Waals surface area contributed by atoms with Crippen LogP contribution in [0.15, 0.2) is 46.9 Å². The van der Waals surface area contributed by atoms with Crippen LogP contribution >= 0.6 is 15.9 Å². The van der Waals surface area contributed by atoms with Gasteiger partial charge < -0.3 is 4.90 Å². The standard InChI is InChI=1S/C17H15BrFNO/c1-11-6-7-12-4-2-3-5-16(12)20(11)17(21)14-9-8-13(19)10-15(14)18/h2-5,8-11H,6-7H2,1H3. The molecule has 0 radical (unpaired) electrons. The highest BCUT2D eigenvalue weighted by Gasteiger charge is 2.29. The second kappa shape index (κ2) is 5.60. The van der Waals surface area contributed by atoms with Crippen LogP contribution in [-0.4, -0.2) is 11.9 Å². The minimum Gasteiger partial charge on any atom is -0.305 e. The molecule has 3 rings (SSSR count). The monoisotopic (exact) mass is 347 g/mol. The van der Waals surface area contributed by atoms with E-state index in [9.17, 15) is 9.18 Å². The van der Waals surface area contributed by atoms with Crippen LogP contribution in [-0.2, 0) is 6.42 Å². The summed E-state index contributed by atoms with van der Waals surface area (Å²) in [6.45, 7) is 2.05. The average molecular weight is 348 g/mol. The predicted molar refractivity (Wildman–Crippen MR) is 85.1 cm³/mol. The average Bonchev–Trinajstić information content (AvgIpc) is 2.46. The first-order valence-corrected chi connectivity index (χ1v) is 7.74. The molecule has 108 valence electrons. The molecular weight excluding hydrogens is 333 g/mol. The van der Waals surface area contributed by atoms with E-state index in [0.717, 1.165) is 18.5 Å². The van der Waals surface area contributed by atoms with Crippen molar-refractivity contribution in [3.63, 3.8) is 0 Å². The molecule has 0 saturated carbocycles. The molecule has 2 nitrogen and oxygen atoms in total. The Bertz CT molecular complexity index is 701. The lowest BCUT2D eigenvalue weighted by Crippen LogP contribution is -2.42. The second-order valence-corrected chi connectivity index (χ2v) is 6.17. The summed E-state index contributed by atoms with van der Waals surface area (Å²) in [5.74, 6) is -0.452. The molecule has 0 fully saturated rings. The first-order valence-electron chi connectivity index (χ1n) is 6.94. The lowest BCUT2D eigenvalue weighted by molar-refractivity contribution is 0.0974. The molecule has 4 heteroatoms. The molecule has 2 aromatic carbocycles. The summed E-state index contributed by atoms with van der Waals surface area (Å²) < 4.78 is 13.7. The molecule has 0 N–H and O–H groups in total. The fourth-order valence-electron chi connectivity index (χ4n) is 2.79. The van der Waals surface area contributed by atoms with Crippen LogP contribution in [0.3, 0.4) is 0 Å². The molecule has 0 bridgehead atoms. The highest BCUT2D eigenvalue weighted by Crippen LogP contribution is 2.33. The molecule has 0 aliphatic carbocycles. The van der Waals surface area contributed by atoms with Crippen molar-refractivity contribution < 1.29 is 9.18 Å². The molecular formula is C17H15BrFNO. The first-order chi connectivity index (χ1) is 10.1. The van der Waals surface area contributed by atoms with Gasteiger partial charge in [0.2, 0.25) is 0 Å². The quantitative estimate of drug-likeness (QED) is 0.739. The number of halogens is 2. The van der Waals surface area contributed by atoms with E-state index in [4.69, 9.17) is 0 Å². The minimum absolute atomic E-state index is 0.0958. The second-order valence-electron chi connectivity index (χ2n) is 5.32. The van der Waals surface area contributed by atoms with Crippen molar-refractivity contribution in [1.29, 1.82) is 0 Å². The third-order valence-corrected chi connectivity index (χ3v) is 4.56. The van der Waals surface area contributed by atoms with Gasteiger partial charge in [0.15, 0.2) is 0 Å². The van der Waals surface area contributed by atoms with Crippen LogP contribution in [0.4, 0.5) is 10.1 Å². The van der Waals surface area contributed by atoms with Gasteiger partial charge in [-0.25, -0.2) is 4.39 Å². The summed E-state index contributed by atoms with van der Waals surface area (Å²) in [6.07, 6.45) is 1.91. The van der Waals surface area contributed by atoms with Crippen molar-refractivity contribution in [3.05, 3.63) is 63.9 Å². The summed E-state index contributed by atoms with van der Waals surface area (Å²) in [5, 5.41) is 0. The third kappa shape index (κ3) is 2.60. The van der Waals surface area contributed by atoms with E-state index in [-0.39, 0.29) is 17.8 Å². The van der Waals surface area contributed by atoms with E-state index >= 15 is 0 Å². The lowest BCUT2D eigenvalue weighted by atomic mass is 9.96. The third-order valence-electron chi connectivity index (χ3n) is 3.90. The molecule has 1 unspecified atom stereocenters. The number of anilines is 1. The fourth-order valence-corrected chi connectivity index (χ4v) is 3.31. The van der Waals surface area contributed by atoms with Crippen molar-refractivity contribution in [2.75, 3.05) is 4.90 Å². The topological polar surface area (TPSA) is 20.3 Å². The summed E-state index contributed by atoms with van der Waals surface area (Å²) in [5.41, 5.74) is 2.62. The summed E-state index contributed by atoms with van der Waals surface area (Å²) in [7, 11) is 0. The highest BCUT2D eigenvalue weighted by atomic mass is 79.9. The van der Waals surface area contributed by atoms with Crippen molar-refractivity contribution >= 4 is 27.5 Å². The van der Waals surface area contributed by atoms with Crippen molar-refractivity contribution in [2.24, 2.45) is 0 Å². The summed E-state index contributed by atoms with van der Waals surface area (Å²) in [6, 6.07) is 12.3. The minimum atomic E-state index is -0.356. The summed E-state index contributed by atoms with van der Waals surface area (Å²) >= 11 is 3.29. The number of hydrogen-bond donors (Lipinski definition) is 0. The molecule has 2 aromatic rings.